The summed E-state index contributed by atoms with van der Waals surface area (Å²) in [7, 11) is 0. The Kier molecular flexibility index (Phi) is 3.70. The summed E-state index contributed by atoms with van der Waals surface area (Å²) in [6.45, 7) is 0. The second kappa shape index (κ2) is 5.80. The van der Waals surface area contributed by atoms with Crippen molar-refractivity contribution in [2.24, 2.45) is 5.10 Å². The molecule has 0 unspecified atom stereocenters. The van der Waals surface area contributed by atoms with Crippen molar-refractivity contribution < 1.29 is 9.18 Å². The zero-order valence-electron chi connectivity index (χ0n) is 10.8. The van der Waals surface area contributed by atoms with Crippen molar-refractivity contribution in [3.05, 3.63) is 65.6 Å². The molecule has 6 heteroatoms. The Morgan fingerprint density at radius 1 is 1.19 bits per heavy atom. The van der Waals surface area contributed by atoms with E-state index in [9.17, 15) is 9.18 Å². The monoisotopic (exact) mass is 299 g/mol. The van der Waals surface area contributed by atoms with E-state index in [-0.39, 0.29) is 11.7 Å². The van der Waals surface area contributed by atoms with Crippen LogP contribution in [-0.2, 0) is 0 Å². The Morgan fingerprint density at radius 2 is 1.95 bits per heavy atom. The summed E-state index contributed by atoms with van der Waals surface area (Å²) in [6, 6.07) is 13.3. The van der Waals surface area contributed by atoms with Crippen molar-refractivity contribution >= 4 is 33.7 Å². The van der Waals surface area contributed by atoms with Crippen LogP contribution >= 0.6 is 11.5 Å². The largest absolute Gasteiger partial charge is 0.291 e. The maximum absolute atomic E-state index is 12.7. The highest BCUT2D eigenvalue weighted by molar-refractivity contribution is 7.13. The first-order valence-corrected chi connectivity index (χ1v) is 6.95. The van der Waals surface area contributed by atoms with E-state index in [0.29, 0.717) is 11.3 Å². The molecule has 0 saturated heterocycles. The van der Waals surface area contributed by atoms with Crippen LogP contribution in [0.4, 0.5) is 4.39 Å². The smallest absolute Gasteiger partial charge is 0.265 e. The molecule has 0 atom stereocenters. The molecule has 2 aromatic carbocycles. The second-order valence-corrected chi connectivity index (χ2v) is 5.08. The van der Waals surface area contributed by atoms with Gasteiger partial charge >= 0.3 is 0 Å². The van der Waals surface area contributed by atoms with Crippen LogP contribution < -0.4 is 5.43 Å². The number of hydrogen-bond acceptors (Lipinski definition) is 4. The predicted octanol–water partition coefficient (Wildman–Crippen LogP) is 3.20. The molecule has 0 aliphatic rings. The maximum atomic E-state index is 12.7. The highest BCUT2D eigenvalue weighted by Crippen LogP contribution is 2.21. The molecule has 1 N–H and O–H groups in total. The van der Waals surface area contributed by atoms with Crippen LogP contribution in [0.5, 0.6) is 0 Å². The highest BCUT2D eigenvalue weighted by Gasteiger charge is 2.12. The summed E-state index contributed by atoms with van der Waals surface area (Å²) in [6.07, 6.45) is 1.45. The summed E-state index contributed by atoms with van der Waals surface area (Å²) in [5, 5.41) is 4.65. The van der Waals surface area contributed by atoms with Crippen molar-refractivity contribution in [1.29, 1.82) is 0 Å². The van der Waals surface area contributed by atoms with E-state index in [1.54, 1.807) is 12.1 Å². The first kappa shape index (κ1) is 13.4. The molecule has 21 heavy (non-hydrogen) atoms. The quantitative estimate of drug-likeness (QED) is 0.596. The zero-order valence-corrected chi connectivity index (χ0v) is 11.6. The Morgan fingerprint density at radius 3 is 2.76 bits per heavy atom. The lowest BCUT2D eigenvalue weighted by atomic mass is 10.2. The average Bonchev–Trinajstić information content (AvgIpc) is 2.93. The van der Waals surface area contributed by atoms with Gasteiger partial charge in [0.2, 0.25) is 0 Å². The number of halogens is 1. The number of hydrazone groups is 1. The molecule has 0 radical (unpaired) electrons. The minimum Gasteiger partial charge on any atom is -0.265 e. The molecule has 104 valence electrons. The summed E-state index contributed by atoms with van der Waals surface area (Å²) >= 11 is 1.27. The fourth-order valence-corrected chi connectivity index (χ4v) is 2.59. The summed E-state index contributed by atoms with van der Waals surface area (Å²) in [4.78, 5) is 12.0. The number of benzene rings is 2. The first-order valence-electron chi connectivity index (χ1n) is 6.17. The Hall–Kier alpha value is -2.60. The molecule has 4 nitrogen and oxygen atoms in total. The minimum atomic E-state index is -0.370. The van der Waals surface area contributed by atoms with Crippen LogP contribution in [0.2, 0.25) is 0 Å². The molecule has 1 heterocycles. The molecule has 0 aliphatic carbocycles. The van der Waals surface area contributed by atoms with Crippen molar-refractivity contribution in [3.8, 4) is 0 Å². The molecular weight excluding hydrogens is 289 g/mol. The predicted molar refractivity (Wildman–Crippen MR) is 81.1 cm³/mol. The van der Waals surface area contributed by atoms with Gasteiger partial charge in [-0.05, 0) is 35.3 Å². The lowest BCUT2D eigenvalue weighted by Crippen LogP contribution is -2.18. The SMILES string of the molecule is O=C(N/N=C/c1ccc(F)cc1)c1nsc2ccccc12. The lowest BCUT2D eigenvalue weighted by molar-refractivity contribution is 0.0953. The Labute approximate surface area is 124 Å². The third-order valence-electron chi connectivity index (χ3n) is 2.84. The number of hydrogen-bond donors (Lipinski definition) is 1. The average molecular weight is 299 g/mol. The number of nitrogens with one attached hydrogen (secondary N) is 1. The number of nitrogens with zero attached hydrogens (tertiary/aromatic N) is 2. The second-order valence-electron chi connectivity index (χ2n) is 4.28. The minimum absolute atomic E-state index is 0.315. The third kappa shape index (κ3) is 2.95. The van der Waals surface area contributed by atoms with Crippen LogP contribution in [0.1, 0.15) is 16.1 Å². The van der Waals surface area contributed by atoms with E-state index in [2.05, 4.69) is 14.9 Å². The number of rotatable bonds is 3. The van der Waals surface area contributed by atoms with E-state index in [4.69, 9.17) is 0 Å². The molecule has 0 spiro atoms. The molecule has 0 aliphatic heterocycles. The zero-order chi connectivity index (χ0) is 14.7. The van der Waals surface area contributed by atoms with Gasteiger partial charge in [-0.2, -0.15) is 9.47 Å². The molecule has 3 rings (SSSR count). The van der Waals surface area contributed by atoms with Gasteiger partial charge < -0.3 is 0 Å². The maximum Gasteiger partial charge on any atom is 0.291 e. The molecule has 3 aromatic rings. The van der Waals surface area contributed by atoms with Gasteiger partial charge in [-0.15, -0.1) is 0 Å². The molecule has 1 amide bonds. The fourth-order valence-electron chi connectivity index (χ4n) is 1.82. The normalized spacial score (nSPS) is 11.1. The van der Waals surface area contributed by atoms with Crippen molar-refractivity contribution in [1.82, 2.24) is 9.80 Å². The lowest BCUT2D eigenvalue weighted by Gasteiger charge is -1.97. The Balaban J connectivity index is 1.73. The number of aromatic nitrogens is 1. The van der Waals surface area contributed by atoms with Crippen molar-refractivity contribution in [2.75, 3.05) is 0 Å². The fraction of sp³-hybridized carbons (Fsp3) is 0. The van der Waals surface area contributed by atoms with Gasteiger partial charge in [-0.25, -0.2) is 9.82 Å². The Bertz CT molecular complexity index is 811. The van der Waals surface area contributed by atoms with Crippen LogP contribution in [0, 0.1) is 5.82 Å². The van der Waals surface area contributed by atoms with Crippen LogP contribution in [-0.4, -0.2) is 16.5 Å². The molecular formula is C15H10FN3OS. The van der Waals surface area contributed by atoms with Gasteiger partial charge in [0.25, 0.3) is 5.91 Å². The van der Waals surface area contributed by atoms with Gasteiger partial charge in [0, 0.05) is 5.39 Å². The van der Waals surface area contributed by atoms with Gasteiger partial charge in [-0.1, -0.05) is 30.3 Å². The van der Waals surface area contributed by atoms with Crippen molar-refractivity contribution in [3.63, 3.8) is 0 Å². The summed E-state index contributed by atoms with van der Waals surface area (Å²) in [5.41, 5.74) is 3.47. The van der Waals surface area contributed by atoms with E-state index in [1.165, 1.54) is 29.9 Å². The van der Waals surface area contributed by atoms with E-state index in [1.807, 2.05) is 24.3 Å². The first-order chi connectivity index (χ1) is 10.2. The summed E-state index contributed by atoms with van der Waals surface area (Å²) in [5.74, 6) is -0.684. The number of carbonyl (C=O) groups excluding carboxylic acids is 1. The van der Waals surface area contributed by atoms with E-state index < -0.39 is 0 Å². The standard InChI is InChI=1S/C15H10FN3OS/c16-11-7-5-10(6-8-11)9-17-18-15(20)14-12-3-1-2-4-13(12)21-19-14/h1-9H,(H,18,20)/b17-9+. The van der Waals surface area contributed by atoms with Crippen LogP contribution in [0.15, 0.2) is 53.6 Å². The molecule has 0 bridgehead atoms. The summed E-state index contributed by atoms with van der Waals surface area (Å²) < 4.78 is 17.8. The topological polar surface area (TPSA) is 54.4 Å². The number of amides is 1. The third-order valence-corrected chi connectivity index (χ3v) is 3.67. The molecule has 0 fully saturated rings. The number of carbonyl (C=O) groups is 1. The number of fused-ring (bicyclic) bond motifs is 1. The van der Waals surface area contributed by atoms with Crippen LogP contribution in [0.25, 0.3) is 10.1 Å². The van der Waals surface area contributed by atoms with Gasteiger partial charge in [0.1, 0.15) is 5.82 Å². The molecule has 0 saturated carbocycles. The van der Waals surface area contributed by atoms with Crippen LogP contribution in [0.3, 0.4) is 0 Å². The van der Waals surface area contributed by atoms with Gasteiger partial charge in [0.05, 0.1) is 10.9 Å². The molecule has 1 aromatic heterocycles. The van der Waals surface area contributed by atoms with E-state index in [0.717, 1.165) is 10.1 Å². The highest BCUT2D eigenvalue weighted by atomic mass is 32.1. The van der Waals surface area contributed by atoms with Gasteiger partial charge in [-0.3, -0.25) is 4.79 Å². The van der Waals surface area contributed by atoms with Crippen molar-refractivity contribution in [2.45, 2.75) is 0 Å². The van der Waals surface area contributed by atoms with E-state index >= 15 is 0 Å². The van der Waals surface area contributed by atoms with Gasteiger partial charge in [0.15, 0.2) is 5.69 Å².